The van der Waals surface area contributed by atoms with Crippen molar-refractivity contribution in [2.75, 3.05) is 13.2 Å². The second kappa shape index (κ2) is 2.17. The number of aliphatic hydroxyl groups is 1. The summed E-state index contributed by atoms with van der Waals surface area (Å²) >= 11 is 0. The van der Waals surface area contributed by atoms with Crippen LogP contribution in [-0.2, 0) is 9.47 Å². The van der Waals surface area contributed by atoms with Crippen LogP contribution in [0.5, 0.6) is 0 Å². The zero-order valence-electron chi connectivity index (χ0n) is 6.49. The first-order chi connectivity index (χ1) is 5.14. The fourth-order valence-corrected chi connectivity index (χ4v) is 1.80. The molecule has 0 aromatic rings. The van der Waals surface area contributed by atoms with Gasteiger partial charge in [0.25, 0.3) is 0 Å². The highest BCUT2D eigenvalue weighted by Gasteiger charge is 2.55. The second-order valence-corrected chi connectivity index (χ2v) is 3.41. The molecule has 11 heavy (non-hydrogen) atoms. The minimum atomic E-state index is -0.931. The van der Waals surface area contributed by atoms with E-state index in [1.54, 1.807) is 0 Å². The summed E-state index contributed by atoms with van der Waals surface area (Å²) in [6.07, 6.45) is -0.796. The van der Waals surface area contributed by atoms with Gasteiger partial charge < -0.3 is 14.6 Å². The molecule has 64 valence electrons. The van der Waals surface area contributed by atoms with E-state index in [2.05, 4.69) is 0 Å². The fourth-order valence-electron chi connectivity index (χ4n) is 1.80. The summed E-state index contributed by atoms with van der Waals surface area (Å²) in [5.41, 5.74) is 4.87. The van der Waals surface area contributed by atoms with Crippen molar-refractivity contribution in [2.24, 2.45) is 11.7 Å². The van der Waals surface area contributed by atoms with Crippen molar-refractivity contribution in [1.29, 1.82) is 0 Å². The number of ether oxygens (including phenoxy) is 2. The summed E-state index contributed by atoms with van der Waals surface area (Å²) in [5.74, 6) is 0.289. The van der Waals surface area contributed by atoms with Gasteiger partial charge >= 0.3 is 0 Å². The molecule has 4 heteroatoms. The van der Waals surface area contributed by atoms with Crippen molar-refractivity contribution >= 4 is 0 Å². The van der Waals surface area contributed by atoms with E-state index in [0.29, 0.717) is 13.2 Å². The Morgan fingerprint density at radius 2 is 2.27 bits per heavy atom. The van der Waals surface area contributed by atoms with Gasteiger partial charge in [0.1, 0.15) is 12.2 Å². The fraction of sp³-hybridized carbons (Fsp3) is 1.00. The van der Waals surface area contributed by atoms with Crippen molar-refractivity contribution < 1.29 is 14.6 Å². The van der Waals surface area contributed by atoms with E-state index in [1.165, 1.54) is 0 Å². The van der Waals surface area contributed by atoms with Crippen molar-refractivity contribution in [3.05, 3.63) is 0 Å². The molecule has 3 N–H and O–H groups in total. The summed E-state index contributed by atoms with van der Waals surface area (Å²) in [5, 5.41) is 9.40. The van der Waals surface area contributed by atoms with Crippen LogP contribution in [0.2, 0.25) is 0 Å². The minimum absolute atomic E-state index is 0.127. The molecule has 0 aliphatic carbocycles. The molecule has 4 atom stereocenters. The molecule has 2 aliphatic heterocycles. The predicted octanol–water partition coefficient (Wildman–Crippen LogP) is -0.933. The number of hydrogen-bond acceptors (Lipinski definition) is 4. The monoisotopic (exact) mass is 159 g/mol. The number of rotatable bonds is 0. The maximum absolute atomic E-state index is 9.40. The van der Waals surface area contributed by atoms with E-state index in [-0.39, 0.29) is 12.0 Å². The summed E-state index contributed by atoms with van der Waals surface area (Å²) in [7, 11) is 0. The van der Waals surface area contributed by atoms with Crippen LogP contribution >= 0.6 is 0 Å². The predicted molar refractivity (Wildman–Crippen MR) is 37.8 cm³/mol. The van der Waals surface area contributed by atoms with Crippen LogP contribution in [0.25, 0.3) is 0 Å². The van der Waals surface area contributed by atoms with E-state index in [4.69, 9.17) is 15.2 Å². The molecule has 2 unspecified atom stereocenters. The topological polar surface area (TPSA) is 64.7 Å². The number of hydrogen-bond donors (Lipinski definition) is 2. The molecular formula is C7H13NO3. The molecule has 2 aliphatic rings. The Morgan fingerprint density at radius 3 is 2.91 bits per heavy atom. The second-order valence-electron chi connectivity index (χ2n) is 3.41. The summed E-state index contributed by atoms with van der Waals surface area (Å²) in [6.45, 7) is 2.89. The van der Waals surface area contributed by atoms with Gasteiger partial charge in [-0.05, 0) is 0 Å². The maximum atomic E-state index is 9.40. The Labute approximate surface area is 65.3 Å². The van der Waals surface area contributed by atoms with Gasteiger partial charge in [-0.2, -0.15) is 0 Å². The first-order valence-corrected chi connectivity index (χ1v) is 3.87. The zero-order valence-corrected chi connectivity index (χ0v) is 6.49. The molecule has 2 saturated heterocycles. The molecule has 0 saturated carbocycles. The van der Waals surface area contributed by atoms with Crippen LogP contribution in [-0.4, -0.2) is 36.3 Å². The first kappa shape index (κ1) is 7.49. The normalized spacial score (nSPS) is 56.5. The molecule has 0 radical (unpaired) electrons. The average Bonchev–Trinajstić information content (AvgIpc) is 2.39. The largest absolute Gasteiger partial charge is 0.386 e. The third-order valence-corrected chi connectivity index (χ3v) is 2.51. The van der Waals surface area contributed by atoms with Crippen molar-refractivity contribution in [3.63, 3.8) is 0 Å². The third-order valence-electron chi connectivity index (χ3n) is 2.51. The van der Waals surface area contributed by atoms with Crippen molar-refractivity contribution in [1.82, 2.24) is 0 Å². The Morgan fingerprint density at radius 1 is 1.55 bits per heavy atom. The highest BCUT2D eigenvalue weighted by molar-refractivity contribution is 5.02. The number of fused-ring (bicyclic) bond motifs is 1. The van der Waals surface area contributed by atoms with Gasteiger partial charge in [0.05, 0.1) is 13.2 Å². The number of nitrogens with two attached hydrogens (primary N) is 1. The van der Waals surface area contributed by atoms with Crippen LogP contribution in [0.4, 0.5) is 0 Å². The Hall–Kier alpha value is -0.160. The van der Waals surface area contributed by atoms with Crippen LogP contribution in [0.15, 0.2) is 0 Å². The summed E-state index contributed by atoms with van der Waals surface area (Å²) in [6, 6.07) is 0. The van der Waals surface area contributed by atoms with E-state index in [9.17, 15) is 5.11 Å². The third kappa shape index (κ3) is 0.840. The number of aliphatic hydroxyl groups excluding tert-OH is 1. The van der Waals surface area contributed by atoms with Gasteiger partial charge in [-0.25, -0.2) is 0 Å². The Bertz CT molecular complexity index is 175. The summed E-state index contributed by atoms with van der Waals surface area (Å²) < 4.78 is 10.6. The molecule has 0 bridgehead atoms. The molecular weight excluding hydrogens is 146 g/mol. The lowest BCUT2D eigenvalue weighted by Crippen LogP contribution is -2.54. The SMILES string of the molecule is CC1CO[C@]2(N)C(O)CO[C@H]12. The van der Waals surface area contributed by atoms with Gasteiger partial charge in [-0.15, -0.1) is 0 Å². The van der Waals surface area contributed by atoms with Gasteiger partial charge in [0.2, 0.25) is 0 Å². The molecule has 0 spiro atoms. The molecule has 2 heterocycles. The van der Waals surface area contributed by atoms with E-state index in [0.717, 1.165) is 0 Å². The minimum Gasteiger partial charge on any atom is -0.386 e. The average molecular weight is 159 g/mol. The molecule has 4 nitrogen and oxygen atoms in total. The molecule has 0 aromatic carbocycles. The van der Waals surface area contributed by atoms with Crippen LogP contribution in [0.3, 0.4) is 0 Å². The molecule has 0 amide bonds. The molecule has 2 rings (SSSR count). The summed E-state index contributed by atoms with van der Waals surface area (Å²) in [4.78, 5) is 0. The Balaban J connectivity index is 2.23. The molecule has 2 fully saturated rings. The van der Waals surface area contributed by atoms with Gasteiger partial charge in [-0.1, -0.05) is 6.92 Å². The highest BCUT2D eigenvalue weighted by atomic mass is 16.6. The van der Waals surface area contributed by atoms with E-state index in [1.807, 2.05) is 6.92 Å². The van der Waals surface area contributed by atoms with Gasteiger partial charge in [0.15, 0.2) is 5.72 Å². The van der Waals surface area contributed by atoms with Crippen LogP contribution in [0, 0.1) is 5.92 Å². The Kier molecular flexibility index (Phi) is 1.47. The van der Waals surface area contributed by atoms with Gasteiger partial charge in [-0.3, -0.25) is 5.73 Å². The zero-order chi connectivity index (χ0) is 8.06. The van der Waals surface area contributed by atoms with E-state index >= 15 is 0 Å². The van der Waals surface area contributed by atoms with E-state index < -0.39 is 11.8 Å². The standard InChI is InChI=1S/C7H13NO3/c1-4-2-11-7(8)5(9)3-10-6(4)7/h4-6,9H,2-3,8H2,1H3/t4?,5?,6-,7-/m1/s1. The van der Waals surface area contributed by atoms with Crippen LogP contribution in [0.1, 0.15) is 6.92 Å². The van der Waals surface area contributed by atoms with Gasteiger partial charge in [0, 0.05) is 5.92 Å². The lowest BCUT2D eigenvalue weighted by molar-refractivity contribution is -0.0715. The van der Waals surface area contributed by atoms with Crippen molar-refractivity contribution in [2.45, 2.75) is 24.9 Å². The maximum Gasteiger partial charge on any atom is 0.171 e. The quantitative estimate of drug-likeness (QED) is 0.479. The smallest absolute Gasteiger partial charge is 0.171 e. The van der Waals surface area contributed by atoms with Crippen molar-refractivity contribution in [3.8, 4) is 0 Å². The first-order valence-electron chi connectivity index (χ1n) is 3.87. The lowest BCUT2D eigenvalue weighted by atomic mass is 9.98. The lowest BCUT2D eigenvalue weighted by Gasteiger charge is -2.24. The highest BCUT2D eigenvalue weighted by Crippen LogP contribution is 2.36. The van der Waals surface area contributed by atoms with Crippen LogP contribution < -0.4 is 5.73 Å². The molecule has 0 aromatic heterocycles.